The third-order valence-electron chi connectivity index (χ3n) is 1.66. The fourth-order valence-electron chi connectivity index (χ4n) is 0.998. The van der Waals surface area contributed by atoms with Crippen molar-refractivity contribution < 1.29 is 4.79 Å². The molecule has 0 spiro atoms. The second-order valence-electron chi connectivity index (χ2n) is 2.95. The summed E-state index contributed by atoms with van der Waals surface area (Å²) < 4.78 is 2.36. The van der Waals surface area contributed by atoms with Gasteiger partial charge in [-0.2, -0.15) is 0 Å². The van der Waals surface area contributed by atoms with Crippen LogP contribution in [0.4, 0.5) is 0 Å². The molecule has 0 N–H and O–H groups in total. The van der Waals surface area contributed by atoms with Crippen LogP contribution in [0.25, 0.3) is 0 Å². The molecule has 0 saturated heterocycles. The number of hydrogen-bond acceptors (Lipinski definition) is 2. The first-order valence-electron chi connectivity index (χ1n) is 3.95. The monoisotopic (exact) mass is 243 g/mol. The number of nitrogens with zero attached hydrogens (tertiary/aromatic N) is 1. The standard InChI is InChI=1S/C9H10BrNO2/c1-7(6-12)4-11-5-8(10)2-3-9(11)13/h2-3,5-7H,4H2,1H3. The van der Waals surface area contributed by atoms with Crippen molar-refractivity contribution in [1.29, 1.82) is 0 Å². The number of pyridine rings is 1. The molecular formula is C9H10BrNO2. The summed E-state index contributed by atoms with van der Waals surface area (Å²) in [6.45, 7) is 2.21. The smallest absolute Gasteiger partial charge is 0.250 e. The van der Waals surface area contributed by atoms with Gasteiger partial charge in [0, 0.05) is 29.2 Å². The molecule has 1 aromatic rings. The van der Waals surface area contributed by atoms with Crippen LogP contribution in [-0.2, 0) is 11.3 Å². The van der Waals surface area contributed by atoms with Crippen LogP contribution in [0, 0.1) is 5.92 Å². The molecule has 1 atom stereocenters. The molecule has 0 aliphatic carbocycles. The summed E-state index contributed by atoms with van der Waals surface area (Å²) in [6, 6.07) is 3.16. The van der Waals surface area contributed by atoms with Crippen LogP contribution in [0.2, 0.25) is 0 Å². The van der Waals surface area contributed by atoms with Crippen LogP contribution < -0.4 is 5.56 Å². The Morgan fingerprint density at radius 1 is 1.62 bits per heavy atom. The average molecular weight is 244 g/mol. The zero-order valence-electron chi connectivity index (χ0n) is 7.24. The molecule has 3 nitrogen and oxygen atoms in total. The first-order valence-corrected chi connectivity index (χ1v) is 4.74. The number of rotatable bonds is 3. The lowest BCUT2D eigenvalue weighted by molar-refractivity contribution is -0.111. The van der Waals surface area contributed by atoms with Crippen molar-refractivity contribution in [1.82, 2.24) is 4.57 Å². The molecule has 1 unspecified atom stereocenters. The molecule has 1 heterocycles. The Balaban J connectivity index is 2.93. The molecule has 1 rings (SSSR count). The molecule has 4 heteroatoms. The predicted octanol–water partition coefficient (Wildman–Crippen LogP) is 1.45. The Hall–Kier alpha value is -0.900. The Bertz CT molecular complexity index is 359. The molecule has 70 valence electrons. The maximum Gasteiger partial charge on any atom is 0.250 e. The minimum absolute atomic E-state index is 0.0862. The van der Waals surface area contributed by atoms with Crippen molar-refractivity contribution in [2.45, 2.75) is 13.5 Å². The molecular weight excluding hydrogens is 234 g/mol. The minimum atomic E-state index is -0.132. The van der Waals surface area contributed by atoms with E-state index in [1.54, 1.807) is 19.2 Å². The SMILES string of the molecule is CC(C=O)Cn1cc(Br)ccc1=O. The van der Waals surface area contributed by atoms with E-state index in [4.69, 9.17) is 0 Å². The van der Waals surface area contributed by atoms with E-state index in [1.807, 2.05) is 0 Å². The number of hydrogen-bond donors (Lipinski definition) is 0. The van der Waals surface area contributed by atoms with Crippen LogP contribution in [0.1, 0.15) is 6.92 Å². The van der Waals surface area contributed by atoms with Crippen molar-refractivity contribution in [3.05, 3.63) is 33.2 Å². The summed E-state index contributed by atoms with van der Waals surface area (Å²) in [4.78, 5) is 21.6. The summed E-state index contributed by atoms with van der Waals surface area (Å²) in [7, 11) is 0. The normalized spacial score (nSPS) is 12.5. The lowest BCUT2D eigenvalue weighted by Crippen LogP contribution is -2.22. The third-order valence-corrected chi connectivity index (χ3v) is 2.13. The molecule has 0 aliphatic rings. The molecule has 0 aliphatic heterocycles. The van der Waals surface area contributed by atoms with Crippen LogP contribution in [0.5, 0.6) is 0 Å². The van der Waals surface area contributed by atoms with E-state index >= 15 is 0 Å². The Morgan fingerprint density at radius 2 is 2.31 bits per heavy atom. The van der Waals surface area contributed by atoms with Gasteiger partial charge < -0.3 is 9.36 Å². The predicted molar refractivity (Wildman–Crippen MR) is 53.6 cm³/mol. The number of carbonyl (C=O) groups is 1. The Morgan fingerprint density at radius 3 is 2.92 bits per heavy atom. The van der Waals surface area contributed by atoms with Gasteiger partial charge in [-0.3, -0.25) is 4.79 Å². The largest absolute Gasteiger partial charge is 0.314 e. The fraction of sp³-hybridized carbons (Fsp3) is 0.333. The van der Waals surface area contributed by atoms with Crippen molar-refractivity contribution in [3.63, 3.8) is 0 Å². The molecule has 0 aromatic carbocycles. The molecule has 0 bridgehead atoms. The summed E-state index contributed by atoms with van der Waals surface area (Å²) >= 11 is 3.26. The highest BCUT2D eigenvalue weighted by Crippen LogP contribution is 2.05. The van der Waals surface area contributed by atoms with E-state index in [9.17, 15) is 9.59 Å². The van der Waals surface area contributed by atoms with E-state index in [2.05, 4.69) is 15.9 Å². The van der Waals surface area contributed by atoms with Gasteiger partial charge in [0.05, 0.1) is 0 Å². The van der Waals surface area contributed by atoms with Gasteiger partial charge in [-0.1, -0.05) is 6.92 Å². The highest BCUT2D eigenvalue weighted by molar-refractivity contribution is 9.10. The van der Waals surface area contributed by atoms with Crippen molar-refractivity contribution in [2.75, 3.05) is 0 Å². The van der Waals surface area contributed by atoms with Crippen LogP contribution in [0.3, 0.4) is 0 Å². The van der Waals surface area contributed by atoms with Gasteiger partial charge in [-0.15, -0.1) is 0 Å². The summed E-state index contributed by atoms with van der Waals surface area (Å²) in [5.41, 5.74) is -0.0862. The molecule has 0 radical (unpaired) electrons. The van der Waals surface area contributed by atoms with Gasteiger partial charge in [0.15, 0.2) is 0 Å². The highest BCUT2D eigenvalue weighted by Gasteiger charge is 2.02. The average Bonchev–Trinajstić information content (AvgIpc) is 2.11. The number of halogens is 1. The van der Waals surface area contributed by atoms with Gasteiger partial charge in [-0.25, -0.2) is 0 Å². The lowest BCUT2D eigenvalue weighted by atomic mass is 10.2. The third kappa shape index (κ3) is 2.81. The van der Waals surface area contributed by atoms with Gasteiger partial charge in [0.1, 0.15) is 6.29 Å². The van der Waals surface area contributed by atoms with E-state index in [0.717, 1.165) is 10.8 Å². The highest BCUT2D eigenvalue weighted by atomic mass is 79.9. The van der Waals surface area contributed by atoms with Gasteiger partial charge in [-0.05, 0) is 22.0 Å². The Labute approximate surface area is 84.5 Å². The fourth-order valence-corrected chi connectivity index (χ4v) is 1.38. The van der Waals surface area contributed by atoms with Crippen LogP contribution >= 0.6 is 15.9 Å². The summed E-state index contributed by atoms with van der Waals surface area (Å²) in [6.07, 6.45) is 2.52. The first kappa shape index (κ1) is 10.2. The maximum absolute atomic E-state index is 11.2. The quantitative estimate of drug-likeness (QED) is 0.755. The zero-order valence-corrected chi connectivity index (χ0v) is 8.82. The summed E-state index contributed by atoms with van der Waals surface area (Å²) in [5.74, 6) is -0.132. The first-order chi connectivity index (χ1) is 6.13. The molecule has 0 fully saturated rings. The van der Waals surface area contributed by atoms with E-state index in [-0.39, 0.29) is 11.5 Å². The van der Waals surface area contributed by atoms with E-state index in [1.165, 1.54) is 10.6 Å². The van der Waals surface area contributed by atoms with Crippen LogP contribution in [-0.4, -0.2) is 10.9 Å². The molecule has 13 heavy (non-hydrogen) atoms. The second-order valence-corrected chi connectivity index (χ2v) is 3.87. The van der Waals surface area contributed by atoms with Gasteiger partial charge in [0.25, 0.3) is 5.56 Å². The maximum atomic E-state index is 11.2. The molecule has 1 aromatic heterocycles. The second kappa shape index (κ2) is 4.37. The minimum Gasteiger partial charge on any atom is -0.314 e. The van der Waals surface area contributed by atoms with E-state index in [0.29, 0.717) is 6.54 Å². The van der Waals surface area contributed by atoms with Gasteiger partial charge >= 0.3 is 0 Å². The summed E-state index contributed by atoms with van der Waals surface area (Å²) in [5, 5.41) is 0. The Kier molecular flexibility index (Phi) is 3.42. The van der Waals surface area contributed by atoms with Crippen LogP contribution in [0.15, 0.2) is 27.6 Å². The topological polar surface area (TPSA) is 39.1 Å². The van der Waals surface area contributed by atoms with Crippen molar-refractivity contribution >= 4 is 22.2 Å². The number of aromatic nitrogens is 1. The molecule has 0 amide bonds. The number of carbonyl (C=O) groups excluding carboxylic acids is 1. The molecule has 0 saturated carbocycles. The number of aldehydes is 1. The van der Waals surface area contributed by atoms with Crippen molar-refractivity contribution in [3.8, 4) is 0 Å². The lowest BCUT2D eigenvalue weighted by Gasteiger charge is -2.07. The zero-order chi connectivity index (χ0) is 9.84. The van der Waals surface area contributed by atoms with Crippen molar-refractivity contribution in [2.24, 2.45) is 5.92 Å². The van der Waals surface area contributed by atoms with Gasteiger partial charge in [0.2, 0.25) is 0 Å². The van der Waals surface area contributed by atoms with E-state index < -0.39 is 0 Å².